The summed E-state index contributed by atoms with van der Waals surface area (Å²) in [7, 11) is 0. The molecule has 20 heavy (non-hydrogen) atoms. The molecule has 2 aliphatic rings. The largest absolute Gasteiger partial charge is 0.474 e. The van der Waals surface area contributed by atoms with E-state index < -0.39 is 0 Å². The van der Waals surface area contributed by atoms with Gasteiger partial charge in [-0.2, -0.15) is 0 Å². The van der Waals surface area contributed by atoms with Crippen molar-refractivity contribution in [2.75, 3.05) is 13.2 Å². The molecule has 0 radical (unpaired) electrons. The molecule has 1 N–H and O–H groups in total. The summed E-state index contributed by atoms with van der Waals surface area (Å²) in [5.74, 6) is 0.781. The predicted octanol–water partition coefficient (Wildman–Crippen LogP) is 2.45. The van der Waals surface area contributed by atoms with Gasteiger partial charge in [-0.3, -0.25) is 0 Å². The Morgan fingerprint density at radius 2 is 2.05 bits per heavy atom. The number of aryl methyl sites for hydroxylation is 1. The van der Waals surface area contributed by atoms with Crippen LogP contribution in [0.2, 0.25) is 0 Å². The summed E-state index contributed by atoms with van der Waals surface area (Å²) in [4.78, 5) is 4.60. The Morgan fingerprint density at radius 1 is 1.25 bits per heavy atom. The first-order valence-corrected chi connectivity index (χ1v) is 7.81. The SMILES string of the molecule is CCc1cc(CNC2CC2)cc(OC2CCOCC2)n1. The Kier molecular flexibility index (Phi) is 4.53. The highest BCUT2D eigenvalue weighted by molar-refractivity contribution is 5.25. The summed E-state index contributed by atoms with van der Waals surface area (Å²) in [5.41, 5.74) is 2.40. The molecular formula is C16H24N2O2. The molecule has 0 spiro atoms. The molecule has 0 unspecified atom stereocenters. The van der Waals surface area contributed by atoms with Crippen LogP contribution in [0.25, 0.3) is 0 Å². The van der Waals surface area contributed by atoms with E-state index in [2.05, 4.69) is 29.4 Å². The molecule has 1 aromatic rings. The quantitative estimate of drug-likeness (QED) is 0.867. The summed E-state index contributed by atoms with van der Waals surface area (Å²) >= 11 is 0. The Labute approximate surface area is 120 Å². The summed E-state index contributed by atoms with van der Waals surface area (Å²) < 4.78 is 11.4. The minimum absolute atomic E-state index is 0.257. The predicted molar refractivity (Wildman–Crippen MR) is 77.9 cm³/mol. The molecule has 3 rings (SSSR count). The van der Waals surface area contributed by atoms with E-state index in [9.17, 15) is 0 Å². The van der Waals surface area contributed by atoms with E-state index in [0.717, 1.165) is 56.6 Å². The van der Waals surface area contributed by atoms with Crippen molar-refractivity contribution in [1.82, 2.24) is 10.3 Å². The van der Waals surface area contributed by atoms with E-state index in [1.54, 1.807) is 0 Å². The summed E-state index contributed by atoms with van der Waals surface area (Å²) in [5, 5.41) is 3.55. The molecule has 1 saturated heterocycles. The van der Waals surface area contributed by atoms with Gasteiger partial charge in [0, 0.05) is 37.2 Å². The van der Waals surface area contributed by atoms with Gasteiger partial charge in [-0.05, 0) is 30.9 Å². The van der Waals surface area contributed by atoms with Gasteiger partial charge >= 0.3 is 0 Å². The summed E-state index contributed by atoms with van der Waals surface area (Å²) in [6.07, 6.45) is 5.77. The van der Waals surface area contributed by atoms with E-state index in [4.69, 9.17) is 9.47 Å². The lowest BCUT2D eigenvalue weighted by Crippen LogP contribution is -2.26. The third-order valence-corrected chi connectivity index (χ3v) is 3.90. The lowest BCUT2D eigenvalue weighted by molar-refractivity contribution is 0.0236. The molecule has 2 heterocycles. The van der Waals surface area contributed by atoms with Gasteiger partial charge in [0.25, 0.3) is 0 Å². The molecule has 4 heteroatoms. The molecule has 0 bridgehead atoms. The van der Waals surface area contributed by atoms with Crippen LogP contribution < -0.4 is 10.1 Å². The second kappa shape index (κ2) is 6.55. The highest BCUT2D eigenvalue weighted by Crippen LogP contribution is 2.21. The van der Waals surface area contributed by atoms with Gasteiger partial charge < -0.3 is 14.8 Å². The maximum Gasteiger partial charge on any atom is 0.214 e. The fraction of sp³-hybridized carbons (Fsp3) is 0.688. The normalized spacial score (nSPS) is 20.1. The van der Waals surface area contributed by atoms with Crippen LogP contribution in [0.4, 0.5) is 0 Å². The zero-order valence-electron chi connectivity index (χ0n) is 12.2. The van der Waals surface area contributed by atoms with Crippen LogP contribution in [0.3, 0.4) is 0 Å². The number of pyridine rings is 1. The summed E-state index contributed by atoms with van der Waals surface area (Å²) in [6, 6.07) is 5.00. The topological polar surface area (TPSA) is 43.4 Å². The van der Waals surface area contributed by atoms with Crippen LogP contribution in [-0.4, -0.2) is 30.3 Å². The molecule has 1 aliphatic heterocycles. The number of nitrogens with one attached hydrogen (secondary N) is 1. The van der Waals surface area contributed by atoms with Gasteiger partial charge in [-0.25, -0.2) is 4.98 Å². The Hall–Kier alpha value is -1.13. The molecule has 0 amide bonds. The molecule has 0 aromatic carbocycles. The van der Waals surface area contributed by atoms with Crippen molar-refractivity contribution in [1.29, 1.82) is 0 Å². The number of nitrogens with zero attached hydrogens (tertiary/aromatic N) is 1. The lowest BCUT2D eigenvalue weighted by atomic mass is 10.1. The van der Waals surface area contributed by atoms with Crippen molar-refractivity contribution >= 4 is 0 Å². The van der Waals surface area contributed by atoms with E-state index in [1.807, 2.05) is 0 Å². The van der Waals surface area contributed by atoms with Crippen molar-refractivity contribution in [3.8, 4) is 5.88 Å². The van der Waals surface area contributed by atoms with Crippen LogP contribution in [0, 0.1) is 0 Å². The second-order valence-corrected chi connectivity index (χ2v) is 5.74. The van der Waals surface area contributed by atoms with Crippen molar-refractivity contribution in [2.24, 2.45) is 0 Å². The number of ether oxygens (including phenoxy) is 2. The zero-order chi connectivity index (χ0) is 13.8. The molecule has 1 aromatic heterocycles. The molecule has 4 nitrogen and oxygen atoms in total. The molecule has 2 fully saturated rings. The number of hydrogen-bond donors (Lipinski definition) is 1. The summed E-state index contributed by atoms with van der Waals surface area (Å²) in [6.45, 7) is 4.66. The van der Waals surface area contributed by atoms with Crippen molar-refractivity contribution < 1.29 is 9.47 Å². The van der Waals surface area contributed by atoms with Crippen molar-refractivity contribution in [3.63, 3.8) is 0 Å². The Bertz CT molecular complexity index is 440. The average Bonchev–Trinajstić information content (AvgIpc) is 3.30. The first-order valence-electron chi connectivity index (χ1n) is 7.81. The minimum atomic E-state index is 0.257. The molecule has 1 saturated carbocycles. The van der Waals surface area contributed by atoms with Gasteiger partial charge in [0.15, 0.2) is 0 Å². The van der Waals surface area contributed by atoms with Crippen LogP contribution in [0.15, 0.2) is 12.1 Å². The van der Waals surface area contributed by atoms with Crippen LogP contribution in [0.5, 0.6) is 5.88 Å². The smallest absolute Gasteiger partial charge is 0.214 e. The fourth-order valence-corrected chi connectivity index (χ4v) is 2.48. The van der Waals surface area contributed by atoms with Gasteiger partial charge in [0.05, 0.1) is 13.2 Å². The highest BCUT2D eigenvalue weighted by atomic mass is 16.5. The van der Waals surface area contributed by atoms with Gasteiger partial charge in [0.1, 0.15) is 6.10 Å². The second-order valence-electron chi connectivity index (χ2n) is 5.74. The van der Waals surface area contributed by atoms with Crippen molar-refractivity contribution in [2.45, 2.75) is 57.7 Å². The lowest BCUT2D eigenvalue weighted by Gasteiger charge is -2.23. The first-order chi connectivity index (χ1) is 9.83. The molecular weight excluding hydrogens is 252 g/mol. The third kappa shape index (κ3) is 3.93. The number of aromatic nitrogens is 1. The molecule has 110 valence electrons. The van der Waals surface area contributed by atoms with Gasteiger partial charge in [-0.1, -0.05) is 6.92 Å². The maximum atomic E-state index is 6.04. The van der Waals surface area contributed by atoms with E-state index >= 15 is 0 Å². The minimum Gasteiger partial charge on any atom is -0.474 e. The molecule has 0 atom stereocenters. The monoisotopic (exact) mass is 276 g/mol. The Morgan fingerprint density at radius 3 is 2.75 bits per heavy atom. The van der Waals surface area contributed by atoms with Crippen LogP contribution in [-0.2, 0) is 17.7 Å². The zero-order valence-corrected chi connectivity index (χ0v) is 12.2. The maximum absolute atomic E-state index is 6.04. The number of hydrogen-bond acceptors (Lipinski definition) is 4. The van der Waals surface area contributed by atoms with Crippen LogP contribution >= 0.6 is 0 Å². The average molecular weight is 276 g/mol. The van der Waals surface area contributed by atoms with E-state index in [0.29, 0.717) is 0 Å². The third-order valence-electron chi connectivity index (χ3n) is 3.90. The fourth-order valence-electron chi connectivity index (χ4n) is 2.48. The van der Waals surface area contributed by atoms with Crippen molar-refractivity contribution in [3.05, 3.63) is 23.4 Å². The standard InChI is InChI=1S/C16H24N2O2/c1-2-13-9-12(11-17-14-3-4-14)10-16(18-13)20-15-5-7-19-8-6-15/h9-10,14-15,17H,2-8,11H2,1H3. The Balaban J connectivity index is 1.65. The van der Waals surface area contributed by atoms with Crippen LogP contribution in [0.1, 0.15) is 43.9 Å². The number of rotatable bonds is 6. The van der Waals surface area contributed by atoms with E-state index in [1.165, 1.54) is 18.4 Å². The first kappa shape index (κ1) is 13.8. The van der Waals surface area contributed by atoms with Gasteiger partial charge in [0.2, 0.25) is 5.88 Å². The van der Waals surface area contributed by atoms with Gasteiger partial charge in [-0.15, -0.1) is 0 Å². The molecule has 1 aliphatic carbocycles. The highest BCUT2D eigenvalue weighted by Gasteiger charge is 2.20. The van der Waals surface area contributed by atoms with E-state index in [-0.39, 0.29) is 6.10 Å².